The Balaban J connectivity index is 1.86. The average Bonchev–Trinajstić information content (AvgIpc) is 2.66. The van der Waals surface area contributed by atoms with Gasteiger partial charge in [0.25, 0.3) is 0 Å². The molecule has 0 aromatic heterocycles. The third-order valence-electron chi connectivity index (χ3n) is 4.37. The molecule has 2 aromatic rings. The van der Waals surface area contributed by atoms with Gasteiger partial charge >= 0.3 is 0 Å². The third kappa shape index (κ3) is 7.42. The summed E-state index contributed by atoms with van der Waals surface area (Å²) in [5, 5.41) is 6.53. The summed E-state index contributed by atoms with van der Waals surface area (Å²) in [6.07, 6.45) is 2.07. The molecule has 0 heterocycles. The second kappa shape index (κ2) is 10.9. The lowest BCUT2D eigenvalue weighted by Gasteiger charge is -2.13. The van der Waals surface area contributed by atoms with Crippen LogP contribution in [0.3, 0.4) is 0 Å². The number of para-hydroxylation sites is 1. The lowest BCUT2D eigenvalue weighted by molar-refractivity contribution is 0.309. The molecule has 7 heteroatoms. The largest absolute Gasteiger partial charge is 0.493 e. The van der Waals surface area contributed by atoms with E-state index in [0.717, 1.165) is 47.9 Å². The summed E-state index contributed by atoms with van der Waals surface area (Å²) in [6, 6.07) is 13.3. The van der Waals surface area contributed by atoms with Crippen molar-refractivity contribution in [3.63, 3.8) is 0 Å². The van der Waals surface area contributed by atoms with Crippen molar-refractivity contribution < 1.29 is 13.2 Å². The maximum absolute atomic E-state index is 11.7. The molecule has 0 radical (unpaired) electrons. The number of benzene rings is 2. The summed E-state index contributed by atoms with van der Waals surface area (Å²) < 4.78 is 29.3. The Morgan fingerprint density at radius 1 is 1.07 bits per heavy atom. The fraction of sp³-hybridized carbons (Fsp3) is 0.409. The zero-order valence-corrected chi connectivity index (χ0v) is 18.5. The number of nitrogens with one attached hydrogen (secondary N) is 2. The first kappa shape index (κ1) is 22.7. The number of aryl methyl sites for hydroxylation is 2. The number of sulfone groups is 1. The lowest BCUT2D eigenvalue weighted by atomic mass is 10.1. The molecular weight excluding hydrogens is 386 g/mol. The van der Waals surface area contributed by atoms with Crippen LogP contribution < -0.4 is 15.4 Å². The second-order valence-electron chi connectivity index (χ2n) is 6.96. The van der Waals surface area contributed by atoms with Crippen LogP contribution in [0.1, 0.15) is 30.0 Å². The van der Waals surface area contributed by atoms with E-state index in [-0.39, 0.29) is 0 Å². The molecule has 0 aliphatic carbocycles. The van der Waals surface area contributed by atoms with Crippen LogP contribution in [-0.2, 0) is 16.4 Å². The van der Waals surface area contributed by atoms with Gasteiger partial charge in [-0.3, -0.25) is 0 Å². The Hall–Kier alpha value is -2.54. The number of nitrogens with zero attached hydrogens (tertiary/aromatic N) is 1. The molecule has 0 spiro atoms. The fourth-order valence-corrected chi connectivity index (χ4v) is 3.88. The molecule has 2 aromatic carbocycles. The molecule has 0 bridgehead atoms. The monoisotopic (exact) mass is 417 g/mol. The molecule has 0 aliphatic rings. The molecule has 0 unspecified atom stereocenters. The normalized spacial score (nSPS) is 11.9. The van der Waals surface area contributed by atoms with Crippen molar-refractivity contribution >= 4 is 15.8 Å². The molecule has 0 fully saturated rings. The van der Waals surface area contributed by atoms with Crippen LogP contribution in [-0.4, -0.2) is 40.3 Å². The standard InChI is InChI=1S/C22H31N3O3S/c1-5-23-22(24-13-8-14-28-20-10-7-6-9-17(20)2)25-16-19-11-12-21(18(3)15-19)29(4,26)27/h6-7,9-12,15H,5,8,13-14,16H2,1-4H3,(H2,23,24,25). The topological polar surface area (TPSA) is 79.8 Å². The summed E-state index contributed by atoms with van der Waals surface area (Å²) in [5.41, 5.74) is 2.84. The summed E-state index contributed by atoms with van der Waals surface area (Å²) in [6.45, 7) is 8.46. The van der Waals surface area contributed by atoms with Gasteiger partial charge in [-0.25, -0.2) is 13.4 Å². The molecule has 0 saturated carbocycles. The first-order valence-electron chi connectivity index (χ1n) is 9.81. The Bertz CT molecular complexity index is 940. The quantitative estimate of drug-likeness (QED) is 0.372. The SMILES string of the molecule is CCNC(=NCc1ccc(S(C)(=O)=O)c(C)c1)NCCCOc1ccccc1C. The van der Waals surface area contributed by atoms with E-state index in [4.69, 9.17) is 4.74 Å². The van der Waals surface area contributed by atoms with Gasteiger partial charge in [-0.05, 0) is 56.0 Å². The summed E-state index contributed by atoms with van der Waals surface area (Å²) in [4.78, 5) is 4.96. The van der Waals surface area contributed by atoms with E-state index >= 15 is 0 Å². The Morgan fingerprint density at radius 3 is 2.48 bits per heavy atom. The van der Waals surface area contributed by atoms with Gasteiger partial charge < -0.3 is 15.4 Å². The molecule has 2 rings (SSSR count). The smallest absolute Gasteiger partial charge is 0.191 e. The first-order chi connectivity index (χ1) is 13.8. The van der Waals surface area contributed by atoms with Crippen LogP contribution in [0.25, 0.3) is 0 Å². The minimum atomic E-state index is -3.20. The van der Waals surface area contributed by atoms with Gasteiger partial charge in [0.05, 0.1) is 18.0 Å². The number of hydrogen-bond donors (Lipinski definition) is 2. The van der Waals surface area contributed by atoms with E-state index in [2.05, 4.69) is 15.6 Å². The van der Waals surface area contributed by atoms with Crippen molar-refractivity contribution in [1.29, 1.82) is 0 Å². The second-order valence-corrected chi connectivity index (χ2v) is 8.95. The van der Waals surface area contributed by atoms with Gasteiger partial charge in [-0.15, -0.1) is 0 Å². The van der Waals surface area contributed by atoms with E-state index in [0.29, 0.717) is 18.0 Å². The highest BCUT2D eigenvalue weighted by molar-refractivity contribution is 7.90. The Kier molecular flexibility index (Phi) is 8.51. The number of ether oxygens (including phenoxy) is 1. The molecule has 29 heavy (non-hydrogen) atoms. The van der Waals surface area contributed by atoms with E-state index in [9.17, 15) is 8.42 Å². The van der Waals surface area contributed by atoms with Gasteiger partial charge in [0, 0.05) is 19.3 Å². The minimum absolute atomic E-state index is 0.365. The van der Waals surface area contributed by atoms with E-state index < -0.39 is 9.84 Å². The summed E-state index contributed by atoms with van der Waals surface area (Å²) in [5.74, 6) is 1.65. The van der Waals surface area contributed by atoms with Crippen molar-refractivity contribution in [2.45, 2.75) is 38.6 Å². The molecule has 158 valence electrons. The van der Waals surface area contributed by atoms with Gasteiger partial charge in [0.15, 0.2) is 15.8 Å². The molecular formula is C22H31N3O3S. The molecule has 0 saturated heterocycles. The van der Waals surface area contributed by atoms with Crippen molar-refractivity contribution in [1.82, 2.24) is 10.6 Å². The minimum Gasteiger partial charge on any atom is -0.493 e. The van der Waals surface area contributed by atoms with Gasteiger partial charge in [0.1, 0.15) is 5.75 Å². The number of guanidine groups is 1. The van der Waals surface area contributed by atoms with Crippen LogP contribution in [0, 0.1) is 13.8 Å². The van der Waals surface area contributed by atoms with Crippen LogP contribution in [0.5, 0.6) is 5.75 Å². The van der Waals surface area contributed by atoms with Crippen molar-refractivity contribution in [2.75, 3.05) is 26.0 Å². The van der Waals surface area contributed by atoms with Crippen LogP contribution >= 0.6 is 0 Å². The Labute approximate surface area is 174 Å². The molecule has 6 nitrogen and oxygen atoms in total. The lowest BCUT2D eigenvalue weighted by Crippen LogP contribution is -2.38. The highest BCUT2D eigenvalue weighted by atomic mass is 32.2. The van der Waals surface area contributed by atoms with Crippen LogP contribution in [0.15, 0.2) is 52.4 Å². The zero-order chi connectivity index (χ0) is 21.3. The summed E-state index contributed by atoms with van der Waals surface area (Å²) >= 11 is 0. The number of aliphatic imine (C=N–C) groups is 1. The highest BCUT2D eigenvalue weighted by Crippen LogP contribution is 2.17. The predicted octanol–water partition coefficient (Wildman–Crippen LogP) is 3.23. The number of rotatable bonds is 9. The molecule has 2 N–H and O–H groups in total. The van der Waals surface area contributed by atoms with E-state index in [1.165, 1.54) is 6.26 Å². The third-order valence-corrected chi connectivity index (χ3v) is 5.62. The molecule has 0 atom stereocenters. The van der Waals surface area contributed by atoms with Gasteiger partial charge in [-0.1, -0.05) is 30.3 Å². The zero-order valence-electron chi connectivity index (χ0n) is 17.7. The van der Waals surface area contributed by atoms with Crippen molar-refractivity contribution in [3.8, 4) is 5.75 Å². The van der Waals surface area contributed by atoms with Gasteiger partial charge in [0.2, 0.25) is 0 Å². The van der Waals surface area contributed by atoms with Crippen LogP contribution in [0.4, 0.5) is 0 Å². The van der Waals surface area contributed by atoms with Gasteiger partial charge in [-0.2, -0.15) is 0 Å². The summed E-state index contributed by atoms with van der Waals surface area (Å²) in [7, 11) is -3.20. The highest BCUT2D eigenvalue weighted by Gasteiger charge is 2.10. The number of hydrogen-bond acceptors (Lipinski definition) is 4. The molecule has 0 amide bonds. The maximum atomic E-state index is 11.7. The van der Waals surface area contributed by atoms with E-state index in [1.807, 2.05) is 57.2 Å². The average molecular weight is 418 g/mol. The predicted molar refractivity (Wildman–Crippen MR) is 118 cm³/mol. The maximum Gasteiger partial charge on any atom is 0.191 e. The first-order valence-corrected chi connectivity index (χ1v) is 11.7. The Morgan fingerprint density at radius 2 is 1.83 bits per heavy atom. The molecule has 0 aliphatic heterocycles. The van der Waals surface area contributed by atoms with Crippen molar-refractivity contribution in [3.05, 3.63) is 59.2 Å². The van der Waals surface area contributed by atoms with E-state index in [1.54, 1.807) is 6.07 Å². The van der Waals surface area contributed by atoms with Crippen molar-refractivity contribution in [2.24, 2.45) is 4.99 Å². The fourth-order valence-electron chi connectivity index (χ4n) is 2.92. The van der Waals surface area contributed by atoms with Crippen LogP contribution in [0.2, 0.25) is 0 Å².